The molecule has 3 aromatic rings. The fraction of sp³-hybridized carbons (Fsp3) is 0.450. The third kappa shape index (κ3) is 3.23. The van der Waals surface area contributed by atoms with E-state index in [0.717, 1.165) is 30.2 Å². The van der Waals surface area contributed by atoms with Gasteiger partial charge in [0.25, 0.3) is 0 Å². The Labute approximate surface area is 163 Å². The number of fused-ring (bicyclic) bond motifs is 1. The Morgan fingerprint density at radius 2 is 2.07 bits per heavy atom. The summed E-state index contributed by atoms with van der Waals surface area (Å²) in [6.07, 6.45) is 5.41. The van der Waals surface area contributed by atoms with Crippen molar-refractivity contribution in [1.82, 2.24) is 20.2 Å². The van der Waals surface area contributed by atoms with Crippen LogP contribution in [0, 0.1) is 5.41 Å². The summed E-state index contributed by atoms with van der Waals surface area (Å²) in [5, 5.41) is 7.94. The predicted octanol–water partition coefficient (Wildman–Crippen LogP) is 4.70. The first-order valence-corrected chi connectivity index (χ1v) is 9.71. The van der Waals surface area contributed by atoms with Crippen LogP contribution in [0.2, 0.25) is 5.02 Å². The number of aromatic nitrogens is 4. The van der Waals surface area contributed by atoms with Crippen molar-refractivity contribution in [3.05, 3.63) is 29.4 Å². The smallest absolute Gasteiger partial charge is 0.202 e. The zero-order valence-electron chi connectivity index (χ0n) is 15.9. The molecule has 1 aliphatic rings. The monoisotopic (exact) mass is 385 g/mol. The molecule has 0 radical (unpaired) electrons. The van der Waals surface area contributed by atoms with Crippen LogP contribution in [0.25, 0.3) is 22.4 Å². The molecule has 1 aromatic carbocycles. The largest absolute Gasteiger partial charge is 0.495 e. The molecule has 0 bridgehead atoms. The molecule has 1 N–H and O–H groups in total. The van der Waals surface area contributed by atoms with Gasteiger partial charge < -0.3 is 9.64 Å². The van der Waals surface area contributed by atoms with Gasteiger partial charge in [0.15, 0.2) is 0 Å². The molecule has 27 heavy (non-hydrogen) atoms. The van der Waals surface area contributed by atoms with Crippen molar-refractivity contribution in [1.29, 1.82) is 0 Å². The summed E-state index contributed by atoms with van der Waals surface area (Å²) in [4.78, 5) is 11.7. The summed E-state index contributed by atoms with van der Waals surface area (Å²) in [5.41, 5.74) is 3.31. The van der Waals surface area contributed by atoms with Crippen LogP contribution in [0.4, 0.5) is 5.82 Å². The number of H-pyrrole nitrogens is 1. The highest BCUT2D eigenvalue weighted by atomic mass is 35.5. The molecule has 6 nitrogen and oxygen atoms in total. The van der Waals surface area contributed by atoms with E-state index in [1.54, 1.807) is 7.11 Å². The molecule has 7 heteroatoms. The number of halogens is 1. The third-order valence-electron chi connectivity index (χ3n) is 5.85. The molecule has 0 aliphatic carbocycles. The number of rotatable bonds is 4. The highest BCUT2D eigenvalue weighted by Crippen LogP contribution is 2.37. The van der Waals surface area contributed by atoms with Crippen molar-refractivity contribution < 1.29 is 4.74 Å². The van der Waals surface area contributed by atoms with Crippen molar-refractivity contribution >= 4 is 28.6 Å². The normalized spacial score (nSPS) is 16.7. The van der Waals surface area contributed by atoms with Gasteiger partial charge in [0.1, 0.15) is 17.1 Å². The minimum Gasteiger partial charge on any atom is -0.495 e. The average molecular weight is 386 g/mol. The van der Waals surface area contributed by atoms with Gasteiger partial charge in [-0.2, -0.15) is 5.10 Å². The minimum absolute atomic E-state index is 0.441. The number of ether oxygens (including phenoxy) is 1. The van der Waals surface area contributed by atoms with E-state index >= 15 is 0 Å². The maximum Gasteiger partial charge on any atom is 0.202 e. The molecule has 0 amide bonds. The van der Waals surface area contributed by atoms with E-state index in [9.17, 15) is 0 Å². The molecular weight excluding hydrogens is 362 g/mol. The van der Waals surface area contributed by atoms with Gasteiger partial charge in [0, 0.05) is 18.7 Å². The number of benzene rings is 1. The van der Waals surface area contributed by atoms with Gasteiger partial charge in [-0.15, -0.1) is 0 Å². The number of anilines is 1. The molecule has 1 fully saturated rings. The van der Waals surface area contributed by atoms with E-state index in [1.165, 1.54) is 19.3 Å². The predicted molar refractivity (Wildman–Crippen MR) is 109 cm³/mol. The van der Waals surface area contributed by atoms with E-state index in [-0.39, 0.29) is 0 Å². The van der Waals surface area contributed by atoms with Gasteiger partial charge in [-0.1, -0.05) is 44.0 Å². The molecule has 142 valence electrons. The molecular formula is C20H24ClN5O. The van der Waals surface area contributed by atoms with Crippen molar-refractivity contribution in [2.45, 2.75) is 33.1 Å². The van der Waals surface area contributed by atoms with Crippen LogP contribution in [0.1, 0.15) is 33.1 Å². The van der Waals surface area contributed by atoms with Crippen LogP contribution in [-0.4, -0.2) is 40.4 Å². The van der Waals surface area contributed by atoms with Crippen LogP contribution in [-0.2, 0) is 0 Å². The number of nitrogens with one attached hydrogen (secondary N) is 1. The lowest BCUT2D eigenvalue weighted by molar-refractivity contribution is 0.238. The second kappa shape index (κ2) is 7.00. The Bertz CT molecular complexity index is 962. The zero-order valence-corrected chi connectivity index (χ0v) is 16.7. The number of methoxy groups -OCH3 is 1. The van der Waals surface area contributed by atoms with Gasteiger partial charge in [-0.25, -0.2) is 9.97 Å². The molecule has 0 atom stereocenters. The highest BCUT2D eigenvalue weighted by Gasteiger charge is 2.29. The van der Waals surface area contributed by atoms with Crippen LogP contribution in [0.15, 0.2) is 24.4 Å². The molecule has 0 saturated carbocycles. The number of hydrogen-bond acceptors (Lipinski definition) is 5. The number of piperidine rings is 1. The molecule has 0 unspecified atom stereocenters. The second-order valence-corrected chi connectivity index (χ2v) is 7.85. The first kappa shape index (κ1) is 18.0. The fourth-order valence-electron chi connectivity index (χ4n) is 3.62. The summed E-state index contributed by atoms with van der Waals surface area (Å²) < 4.78 is 5.31. The minimum atomic E-state index is 0.441. The fourth-order valence-corrected chi connectivity index (χ4v) is 3.91. The van der Waals surface area contributed by atoms with Gasteiger partial charge >= 0.3 is 0 Å². The average Bonchev–Trinajstić information content (AvgIpc) is 3.12. The molecule has 2 aromatic heterocycles. The third-order valence-corrected chi connectivity index (χ3v) is 6.24. The number of hydrogen-bond donors (Lipinski definition) is 1. The van der Waals surface area contributed by atoms with Crippen LogP contribution in [0.3, 0.4) is 0 Å². The first-order valence-electron chi connectivity index (χ1n) is 9.33. The Morgan fingerprint density at radius 3 is 2.78 bits per heavy atom. The lowest BCUT2D eigenvalue weighted by atomic mass is 9.78. The highest BCUT2D eigenvalue weighted by molar-refractivity contribution is 6.35. The lowest BCUT2D eigenvalue weighted by Crippen LogP contribution is -2.38. The second-order valence-electron chi connectivity index (χ2n) is 7.47. The first-order chi connectivity index (χ1) is 13.0. The van der Waals surface area contributed by atoms with Gasteiger partial charge in [-0.05, 0) is 24.3 Å². The summed E-state index contributed by atoms with van der Waals surface area (Å²) in [7, 11) is 1.60. The summed E-state index contributed by atoms with van der Waals surface area (Å²) in [6, 6.07) is 5.64. The molecule has 3 heterocycles. The van der Waals surface area contributed by atoms with E-state index in [0.29, 0.717) is 27.4 Å². The zero-order chi connectivity index (χ0) is 19.0. The van der Waals surface area contributed by atoms with Gasteiger partial charge in [-0.3, -0.25) is 5.10 Å². The van der Waals surface area contributed by atoms with Crippen LogP contribution >= 0.6 is 11.6 Å². The maximum atomic E-state index is 6.47. The van der Waals surface area contributed by atoms with E-state index in [4.69, 9.17) is 21.3 Å². The lowest BCUT2D eigenvalue weighted by Gasteiger charge is -2.39. The van der Waals surface area contributed by atoms with Gasteiger partial charge in [0.05, 0.1) is 24.0 Å². The molecule has 1 saturated heterocycles. The van der Waals surface area contributed by atoms with Crippen LogP contribution < -0.4 is 9.64 Å². The SMILES string of the molecule is CCC1(C)CCN(c2cnc3c(-c4cccc(OC)c4Cl)[nH]nc3n2)CC1. The number of nitrogens with zero attached hydrogens (tertiary/aromatic N) is 4. The maximum absolute atomic E-state index is 6.47. The van der Waals surface area contributed by atoms with Crippen LogP contribution in [0.5, 0.6) is 5.75 Å². The standard InChI is InChI=1S/C20H24ClN5O/c1-4-20(2)8-10-26(11-9-20)15-12-22-18-17(24-25-19(18)23-15)13-6-5-7-14(27-3)16(13)21/h5-7,12H,4,8-11H2,1-3H3,(H,23,24,25). The Balaban J connectivity index is 1.65. The summed E-state index contributed by atoms with van der Waals surface area (Å²) in [6.45, 7) is 6.65. The molecule has 1 aliphatic heterocycles. The summed E-state index contributed by atoms with van der Waals surface area (Å²) in [5.74, 6) is 1.50. The van der Waals surface area contributed by atoms with E-state index < -0.39 is 0 Å². The van der Waals surface area contributed by atoms with Crippen molar-refractivity contribution in [2.24, 2.45) is 5.41 Å². The topological polar surface area (TPSA) is 66.9 Å². The summed E-state index contributed by atoms with van der Waals surface area (Å²) >= 11 is 6.47. The molecule has 4 rings (SSSR count). The Hall–Kier alpha value is -2.34. The quantitative estimate of drug-likeness (QED) is 0.705. The Morgan fingerprint density at radius 1 is 1.30 bits per heavy atom. The Kier molecular flexibility index (Phi) is 4.68. The van der Waals surface area contributed by atoms with E-state index in [2.05, 4.69) is 33.9 Å². The number of aromatic amines is 1. The van der Waals surface area contributed by atoms with Gasteiger partial charge in [0.2, 0.25) is 5.65 Å². The van der Waals surface area contributed by atoms with E-state index in [1.807, 2.05) is 24.4 Å². The van der Waals surface area contributed by atoms with Crippen molar-refractivity contribution in [3.8, 4) is 17.0 Å². The van der Waals surface area contributed by atoms with Crippen molar-refractivity contribution in [3.63, 3.8) is 0 Å². The molecule has 0 spiro atoms. The van der Waals surface area contributed by atoms with Crippen molar-refractivity contribution in [2.75, 3.05) is 25.1 Å².